The first-order chi connectivity index (χ1) is 12.5. The van der Waals surface area contributed by atoms with Gasteiger partial charge in [0.25, 0.3) is 5.91 Å². The smallest absolute Gasteiger partial charge is 0.272 e. The number of nitrogens with zero attached hydrogens (tertiary/aromatic N) is 1. The standard InChI is InChI=1S/C18H15Cl2IN2O3/c1-3-6-26-17-15(21)7-11(8-16(17)25-2)10-22-23-18(24)13-5-4-12(19)9-14(13)20/h3-5,7-10H,1,6H2,2H3,(H,23,24)/b22-10-. The number of nitrogens with one attached hydrogen (secondary N) is 1. The molecule has 0 saturated carbocycles. The highest BCUT2D eigenvalue weighted by Crippen LogP contribution is 2.33. The van der Waals surface area contributed by atoms with E-state index < -0.39 is 5.91 Å². The molecule has 0 spiro atoms. The Hall–Kier alpha value is -1.77. The quantitative estimate of drug-likeness (QED) is 0.251. The Morgan fingerprint density at radius 2 is 2.12 bits per heavy atom. The summed E-state index contributed by atoms with van der Waals surface area (Å²) in [6, 6.07) is 8.23. The molecule has 0 aliphatic heterocycles. The van der Waals surface area contributed by atoms with Crippen LogP contribution in [-0.2, 0) is 0 Å². The van der Waals surface area contributed by atoms with E-state index in [0.29, 0.717) is 23.1 Å². The number of hydrazone groups is 1. The molecule has 2 rings (SSSR count). The first kappa shape index (κ1) is 20.5. The predicted octanol–water partition coefficient (Wildman–Crippen LogP) is 4.94. The number of ether oxygens (including phenoxy) is 2. The Bertz CT molecular complexity index is 857. The van der Waals surface area contributed by atoms with Crippen molar-refractivity contribution in [2.24, 2.45) is 5.10 Å². The molecular formula is C18H15Cl2IN2O3. The maximum atomic E-state index is 12.1. The largest absolute Gasteiger partial charge is 0.493 e. The highest BCUT2D eigenvalue weighted by Gasteiger charge is 2.12. The summed E-state index contributed by atoms with van der Waals surface area (Å²) in [5.74, 6) is 0.755. The minimum Gasteiger partial charge on any atom is -0.493 e. The third-order valence-corrected chi connectivity index (χ3v) is 4.50. The molecule has 0 aromatic heterocycles. The van der Waals surface area contributed by atoms with Crippen LogP contribution in [0.2, 0.25) is 10.0 Å². The van der Waals surface area contributed by atoms with Gasteiger partial charge in [-0.25, -0.2) is 5.43 Å². The SMILES string of the molecule is C=CCOc1c(I)cc(/C=N\NC(=O)c2ccc(Cl)cc2Cl)cc1OC. The average Bonchev–Trinajstić information content (AvgIpc) is 2.60. The Morgan fingerprint density at radius 1 is 1.35 bits per heavy atom. The average molecular weight is 505 g/mol. The van der Waals surface area contributed by atoms with E-state index in [4.69, 9.17) is 32.7 Å². The second-order valence-corrected chi connectivity index (χ2v) is 6.96. The summed E-state index contributed by atoms with van der Waals surface area (Å²) in [5.41, 5.74) is 3.45. The summed E-state index contributed by atoms with van der Waals surface area (Å²) in [5, 5.41) is 4.67. The van der Waals surface area contributed by atoms with Crippen LogP contribution >= 0.6 is 45.8 Å². The highest BCUT2D eigenvalue weighted by atomic mass is 127. The van der Waals surface area contributed by atoms with Crippen LogP contribution in [0.4, 0.5) is 0 Å². The number of hydrogen-bond acceptors (Lipinski definition) is 4. The van der Waals surface area contributed by atoms with Gasteiger partial charge in [-0.3, -0.25) is 4.79 Å². The summed E-state index contributed by atoms with van der Waals surface area (Å²) in [7, 11) is 1.55. The van der Waals surface area contributed by atoms with Crippen LogP contribution in [0, 0.1) is 3.57 Å². The molecule has 26 heavy (non-hydrogen) atoms. The van der Waals surface area contributed by atoms with Gasteiger partial charge in [0.1, 0.15) is 6.61 Å². The number of carbonyl (C=O) groups is 1. The number of rotatable bonds is 7. The fraction of sp³-hybridized carbons (Fsp3) is 0.111. The lowest BCUT2D eigenvalue weighted by molar-refractivity contribution is 0.0955. The number of carbonyl (C=O) groups excluding carboxylic acids is 1. The Morgan fingerprint density at radius 3 is 2.77 bits per heavy atom. The maximum absolute atomic E-state index is 12.1. The third-order valence-electron chi connectivity index (χ3n) is 3.15. The molecule has 2 aromatic carbocycles. The molecule has 2 aromatic rings. The van der Waals surface area contributed by atoms with E-state index in [0.717, 1.165) is 9.13 Å². The van der Waals surface area contributed by atoms with Gasteiger partial charge in [0, 0.05) is 5.02 Å². The number of hydrogen-bond donors (Lipinski definition) is 1. The second kappa shape index (κ2) is 9.80. The minimum absolute atomic E-state index is 0.255. The second-order valence-electron chi connectivity index (χ2n) is 4.96. The Balaban J connectivity index is 2.13. The Labute approximate surface area is 175 Å². The fourth-order valence-electron chi connectivity index (χ4n) is 2.00. The monoisotopic (exact) mass is 504 g/mol. The van der Waals surface area contributed by atoms with Crippen LogP contribution in [0.3, 0.4) is 0 Å². The van der Waals surface area contributed by atoms with Crippen LogP contribution in [0.15, 0.2) is 48.1 Å². The predicted molar refractivity (Wildman–Crippen MR) is 113 cm³/mol. The van der Waals surface area contributed by atoms with Crippen molar-refractivity contribution in [2.75, 3.05) is 13.7 Å². The van der Waals surface area contributed by atoms with Crippen molar-refractivity contribution in [2.45, 2.75) is 0 Å². The first-order valence-corrected chi connectivity index (χ1v) is 9.19. The van der Waals surface area contributed by atoms with Crippen molar-refractivity contribution in [3.63, 3.8) is 0 Å². The molecule has 0 bridgehead atoms. The number of amides is 1. The molecule has 0 atom stereocenters. The normalized spacial score (nSPS) is 10.6. The number of benzene rings is 2. The van der Waals surface area contributed by atoms with Crippen molar-refractivity contribution >= 4 is 57.9 Å². The lowest BCUT2D eigenvalue weighted by Gasteiger charge is -2.12. The van der Waals surface area contributed by atoms with Crippen molar-refractivity contribution in [1.82, 2.24) is 5.43 Å². The maximum Gasteiger partial charge on any atom is 0.272 e. The van der Waals surface area contributed by atoms with E-state index in [1.54, 1.807) is 25.3 Å². The van der Waals surface area contributed by atoms with Crippen molar-refractivity contribution < 1.29 is 14.3 Å². The Kier molecular flexibility index (Phi) is 7.74. The van der Waals surface area contributed by atoms with Crippen LogP contribution < -0.4 is 14.9 Å². The molecule has 0 saturated heterocycles. The molecule has 0 aliphatic rings. The zero-order valence-electron chi connectivity index (χ0n) is 13.8. The van der Waals surface area contributed by atoms with Crippen LogP contribution in [-0.4, -0.2) is 25.8 Å². The van der Waals surface area contributed by atoms with Gasteiger partial charge in [-0.2, -0.15) is 5.10 Å². The summed E-state index contributed by atoms with van der Waals surface area (Å²) < 4.78 is 11.8. The number of halogens is 3. The summed E-state index contributed by atoms with van der Waals surface area (Å²) in [4.78, 5) is 12.1. The van der Waals surface area contributed by atoms with Crippen LogP contribution in [0.5, 0.6) is 11.5 Å². The van der Waals surface area contributed by atoms with Gasteiger partial charge in [0.15, 0.2) is 11.5 Å². The molecule has 1 N–H and O–H groups in total. The molecule has 0 aliphatic carbocycles. The van der Waals surface area contributed by atoms with Gasteiger partial charge in [-0.1, -0.05) is 35.9 Å². The molecule has 8 heteroatoms. The minimum atomic E-state index is -0.435. The molecule has 0 radical (unpaired) electrons. The lowest BCUT2D eigenvalue weighted by Crippen LogP contribution is -2.18. The van der Waals surface area contributed by atoms with Crippen LogP contribution in [0.25, 0.3) is 0 Å². The third kappa shape index (κ3) is 5.36. The van der Waals surface area contributed by atoms with E-state index >= 15 is 0 Å². The van der Waals surface area contributed by atoms with Crippen molar-refractivity contribution in [1.29, 1.82) is 0 Å². The zero-order valence-corrected chi connectivity index (χ0v) is 17.4. The van der Waals surface area contributed by atoms with E-state index in [1.807, 2.05) is 6.07 Å². The lowest BCUT2D eigenvalue weighted by atomic mass is 10.2. The van der Waals surface area contributed by atoms with Gasteiger partial charge >= 0.3 is 0 Å². The van der Waals surface area contributed by atoms with Gasteiger partial charge in [0.05, 0.1) is 27.5 Å². The topological polar surface area (TPSA) is 59.9 Å². The van der Waals surface area contributed by atoms with E-state index in [9.17, 15) is 4.79 Å². The first-order valence-electron chi connectivity index (χ1n) is 7.36. The molecule has 136 valence electrons. The number of methoxy groups -OCH3 is 1. The summed E-state index contributed by atoms with van der Waals surface area (Å²) in [6.07, 6.45) is 3.16. The molecule has 1 amide bonds. The van der Waals surface area contributed by atoms with Crippen molar-refractivity contribution in [3.05, 3.63) is 67.7 Å². The van der Waals surface area contributed by atoms with Gasteiger partial charge < -0.3 is 9.47 Å². The van der Waals surface area contributed by atoms with Gasteiger partial charge in [-0.05, 0) is 58.5 Å². The molecule has 5 nitrogen and oxygen atoms in total. The fourth-order valence-corrected chi connectivity index (χ4v) is 3.27. The van der Waals surface area contributed by atoms with E-state index in [-0.39, 0.29) is 10.6 Å². The van der Waals surface area contributed by atoms with E-state index in [2.05, 4.69) is 39.7 Å². The highest BCUT2D eigenvalue weighted by molar-refractivity contribution is 14.1. The van der Waals surface area contributed by atoms with E-state index in [1.165, 1.54) is 18.3 Å². The molecule has 0 heterocycles. The summed E-state index contributed by atoms with van der Waals surface area (Å²) in [6.45, 7) is 4.00. The zero-order chi connectivity index (χ0) is 19.1. The molecule has 0 unspecified atom stereocenters. The molecule has 0 fully saturated rings. The van der Waals surface area contributed by atoms with Gasteiger partial charge in [-0.15, -0.1) is 0 Å². The van der Waals surface area contributed by atoms with Crippen molar-refractivity contribution in [3.8, 4) is 11.5 Å². The van der Waals surface area contributed by atoms with Crippen LogP contribution in [0.1, 0.15) is 15.9 Å². The summed E-state index contributed by atoms with van der Waals surface area (Å²) >= 11 is 14.0. The molecular weight excluding hydrogens is 490 g/mol. The van der Waals surface area contributed by atoms with Gasteiger partial charge in [0.2, 0.25) is 0 Å².